The molecule has 1 aromatic carbocycles. The van der Waals surface area contributed by atoms with Gasteiger partial charge in [-0.1, -0.05) is 33.1 Å². The molecule has 31 heavy (non-hydrogen) atoms. The summed E-state index contributed by atoms with van der Waals surface area (Å²) in [5.41, 5.74) is 4.92. The van der Waals surface area contributed by atoms with E-state index in [4.69, 9.17) is 10.5 Å². The number of carbonyl (C=O) groups excluding carboxylic acids is 1. The lowest BCUT2D eigenvalue weighted by Crippen LogP contribution is -2.42. The number of rotatable bonds is 12. The molecule has 1 amide bonds. The molecule has 2 aromatic rings. The number of H-pyrrole nitrogens is 1. The van der Waals surface area contributed by atoms with Gasteiger partial charge in [-0.15, -0.1) is 0 Å². The second kappa shape index (κ2) is 11.9. The quantitative estimate of drug-likeness (QED) is 0.499. The van der Waals surface area contributed by atoms with Crippen molar-refractivity contribution >= 4 is 17.4 Å². The highest BCUT2D eigenvalue weighted by Gasteiger charge is 2.23. The van der Waals surface area contributed by atoms with E-state index >= 15 is 0 Å². The molecule has 0 saturated carbocycles. The van der Waals surface area contributed by atoms with Crippen LogP contribution in [0, 0.1) is 5.82 Å². The van der Waals surface area contributed by atoms with Gasteiger partial charge in [0.25, 0.3) is 5.56 Å². The number of halogens is 1. The van der Waals surface area contributed by atoms with Crippen LogP contribution in [-0.4, -0.2) is 28.6 Å². The van der Waals surface area contributed by atoms with Crippen molar-refractivity contribution in [2.45, 2.75) is 58.9 Å². The molecule has 1 aromatic heterocycles. The molecule has 0 atom stereocenters. The summed E-state index contributed by atoms with van der Waals surface area (Å²) in [5, 5.41) is 0. The van der Waals surface area contributed by atoms with Crippen LogP contribution in [0.5, 0.6) is 5.75 Å². The lowest BCUT2D eigenvalue weighted by atomic mass is 10.2. The molecule has 0 saturated heterocycles. The third-order valence-electron chi connectivity index (χ3n) is 4.90. The first-order valence-corrected chi connectivity index (χ1v) is 10.7. The van der Waals surface area contributed by atoms with Gasteiger partial charge in [-0.25, -0.2) is 9.18 Å². The zero-order valence-electron chi connectivity index (χ0n) is 18.2. The van der Waals surface area contributed by atoms with Crippen molar-refractivity contribution in [2.75, 3.05) is 23.8 Å². The molecule has 3 N–H and O–H groups in total. The van der Waals surface area contributed by atoms with E-state index in [9.17, 15) is 18.8 Å². The number of nitrogen functional groups attached to an aromatic ring is 1. The van der Waals surface area contributed by atoms with Crippen LogP contribution < -0.4 is 26.6 Å². The average molecular weight is 435 g/mol. The molecule has 0 spiro atoms. The Labute approximate surface area is 180 Å². The minimum Gasteiger partial charge on any atom is -0.493 e. The molecule has 0 aliphatic rings. The first kappa shape index (κ1) is 24.2. The molecule has 0 aliphatic carbocycles. The number of aromatic nitrogens is 2. The lowest BCUT2D eigenvalue weighted by Gasteiger charge is -2.24. The summed E-state index contributed by atoms with van der Waals surface area (Å²) in [6, 6.07) is 5.50. The third kappa shape index (κ3) is 6.70. The van der Waals surface area contributed by atoms with Gasteiger partial charge in [0.15, 0.2) is 5.69 Å². The maximum absolute atomic E-state index is 13.0. The second-order valence-corrected chi connectivity index (χ2v) is 7.30. The standard InChI is InChI=1S/C22H31FN4O4/c1-3-5-7-14-26(18(28)12-15-31-17-10-8-16(23)9-11-17)19-20(24)27(13-6-4-2)22(30)25-21(19)29/h8-11H,3-7,12-15,24H2,1-2H3,(H,25,29,30). The van der Waals surface area contributed by atoms with E-state index < -0.39 is 11.2 Å². The Morgan fingerprint density at radius 2 is 1.81 bits per heavy atom. The normalized spacial score (nSPS) is 10.8. The first-order valence-electron chi connectivity index (χ1n) is 10.7. The van der Waals surface area contributed by atoms with Crippen molar-refractivity contribution in [3.05, 3.63) is 50.9 Å². The Balaban J connectivity index is 2.24. The van der Waals surface area contributed by atoms with Gasteiger partial charge in [0.2, 0.25) is 5.91 Å². The Kier molecular flexibility index (Phi) is 9.30. The Hall–Kier alpha value is -3.10. The number of unbranched alkanes of at least 4 members (excludes halogenated alkanes) is 3. The van der Waals surface area contributed by atoms with Crippen molar-refractivity contribution < 1.29 is 13.9 Å². The molecule has 0 aliphatic heterocycles. The van der Waals surface area contributed by atoms with E-state index in [0.717, 1.165) is 19.3 Å². The maximum Gasteiger partial charge on any atom is 0.330 e. The number of ether oxygens (including phenoxy) is 1. The summed E-state index contributed by atoms with van der Waals surface area (Å²) in [6.07, 6.45) is 4.07. The van der Waals surface area contributed by atoms with Crippen LogP contribution in [0.2, 0.25) is 0 Å². The fraction of sp³-hybridized carbons (Fsp3) is 0.500. The van der Waals surface area contributed by atoms with E-state index in [1.165, 1.54) is 33.7 Å². The molecule has 0 radical (unpaired) electrons. The number of carbonyl (C=O) groups is 1. The van der Waals surface area contributed by atoms with Crippen LogP contribution in [-0.2, 0) is 11.3 Å². The number of nitrogens with one attached hydrogen (secondary N) is 1. The highest BCUT2D eigenvalue weighted by atomic mass is 19.1. The number of aromatic amines is 1. The summed E-state index contributed by atoms with van der Waals surface area (Å²) in [7, 11) is 0. The van der Waals surface area contributed by atoms with E-state index in [1.807, 2.05) is 13.8 Å². The van der Waals surface area contributed by atoms with Crippen molar-refractivity contribution in [3.8, 4) is 5.75 Å². The van der Waals surface area contributed by atoms with E-state index in [2.05, 4.69) is 4.98 Å². The fourth-order valence-electron chi connectivity index (χ4n) is 3.18. The smallest absolute Gasteiger partial charge is 0.330 e. The van der Waals surface area contributed by atoms with Gasteiger partial charge >= 0.3 is 5.69 Å². The molecule has 2 rings (SSSR count). The Bertz CT molecular complexity index is 969. The number of benzene rings is 1. The monoisotopic (exact) mass is 434 g/mol. The zero-order chi connectivity index (χ0) is 22.8. The molecule has 9 heteroatoms. The van der Waals surface area contributed by atoms with Gasteiger partial charge in [-0.05, 0) is 37.1 Å². The van der Waals surface area contributed by atoms with Crippen LogP contribution in [0.15, 0.2) is 33.9 Å². The van der Waals surface area contributed by atoms with Crippen molar-refractivity contribution in [1.82, 2.24) is 9.55 Å². The predicted molar refractivity (Wildman–Crippen MR) is 119 cm³/mol. The average Bonchev–Trinajstić information content (AvgIpc) is 2.73. The third-order valence-corrected chi connectivity index (χ3v) is 4.90. The van der Waals surface area contributed by atoms with Gasteiger partial charge in [-0.2, -0.15) is 0 Å². The summed E-state index contributed by atoms with van der Waals surface area (Å²) >= 11 is 0. The maximum atomic E-state index is 13.0. The fourth-order valence-corrected chi connectivity index (χ4v) is 3.18. The summed E-state index contributed by atoms with van der Waals surface area (Å²) in [4.78, 5) is 41.4. The van der Waals surface area contributed by atoms with Crippen molar-refractivity contribution in [1.29, 1.82) is 0 Å². The topological polar surface area (TPSA) is 110 Å². The molecule has 1 heterocycles. The van der Waals surface area contributed by atoms with Crippen LogP contribution >= 0.6 is 0 Å². The van der Waals surface area contributed by atoms with Gasteiger partial charge in [0.1, 0.15) is 17.4 Å². The summed E-state index contributed by atoms with van der Waals surface area (Å²) < 4.78 is 19.8. The zero-order valence-corrected chi connectivity index (χ0v) is 18.2. The minimum atomic E-state index is -0.681. The van der Waals surface area contributed by atoms with Crippen molar-refractivity contribution in [2.24, 2.45) is 0 Å². The van der Waals surface area contributed by atoms with E-state index in [-0.39, 0.29) is 36.3 Å². The van der Waals surface area contributed by atoms with Crippen LogP contribution in [0.3, 0.4) is 0 Å². The molecule has 0 unspecified atom stereocenters. The van der Waals surface area contributed by atoms with E-state index in [1.54, 1.807) is 0 Å². The number of amides is 1. The van der Waals surface area contributed by atoms with Crippen LogP contribution in [0.25, 0.3) is 0 Å². The highest BCUT2D eigenvalue weighted by Crippen LogP contribution is 2.20. The van der Waals surface area contributed by atoms with Gasteiger partial charge < -0.3 is 15.4 Å². The molecule has 170 valence electrons. The lowest BCUT2D eigenvalue weighted by molar-refractivity contribution is -0.119. The van der Waals surface area contributed by atoms with Crippen LogP contribution in [0.1, 0.15) is 52.4 Å². The van der Waals surface area contributed by atoms with Crippen LogP contribution in [0.4, 0.5) is 15.9 Å². The van der Waals surface area contributed by atoms with Crippen molar-refractivity contribution in [3.63, 3.8) is 0 Å². The highest BCUT2D eigenvalue weighted by molar-refractivity contribution is 5.95. The largest absolute Gasteiger partial charge is 0.493 e. The predicted octanol–water partition coefficient (Wildman–Crippen LogP) is 3.05. The minimum absolute atomic E-state index is 0.00131. The number of hydrogen-bond donors (Lipinski definition) is 2. The number of nitrogens with two attached hydrogens (primary N) is 1. The molecule has 0 bridgehead atoms. The molecule has 8 nitrogen and oxygen atoms in total. The number of nitrogens with zero attached hydrogens (tertiary/aromatic N) is 2. The summed E-state index contributed by atoms with van der Waals surface area (Å²) in [6.45, 7) is 4.74. The summed E-state index contributed by atoms with van der Waals surface area (Å²) in [5.74, 6) is -0.279. The van der Waals surface area contributed by atoms with Gasteiger partial charge in [0, 0.05) is 13.1 Å². The van der Waals surface area contributed by atoms with Gasteiger partial charge in [0.05, 0.1) is 13.0 Å². The molecular weight excluding hydrogens is 403 g/mol. The second-order valence-electron chi connectivity index (χ2n) is 7.30. The Morgan fingerprint density at radius 1 is 1.13 bits per heavy atom. The van der Waals surface area contributed by atoms with Gasteiger partial charge in [-0.3, -0.25) is 19.1 Å². The SMILES string of the molecule is CCCCCN(C(=O)CCOc1ccc(F)cc1)c1c(N)n(CCCC)c(=O)[nH]c1=O. The molecular formula is C22H31FN4O4. The van der Waals surface area contributed by atoms with E-state index in [0.29, 0.717) is 31.7 Å². The number of hydrogen-bond acceptors (Lipinski definition) is 5. The number of anilines is 2. The first-order chi connectivity index (χ1) is 14.9. The Morgan fingerprint density at radius 3 is 2.45 bits per heavy atom. The molecule has 0 fully saturated rings.